The van der Waals surface area contributed by atoms with Crippen molar-refractivity contribution in [2.24, 2.45) is 0 Å². The van der Waals surface area contributed by atoms with E-state index in [1.54, 1.807) is 18.2 Å². The smallest absolute Gasteiger partial charge is 0.205 e. The maximum Gasteiger partial charge on any atom is 0.205 e. The van der Waals surface area contributed by atoms with E-state index in [9.17, 15) is 8.42 Å². The lowest BCUT2D eigenvalue weighted by Gasteiger charge is -2.27. The predicted octanol–water partition coefficient (Wildman–Crippen LogP) is 3.60. The number of aryl methyl sites for hydroxylation is 1. The van der Waals surface area contributed by atoms with E-state index in [4.69, 9.17) is 4.74 Å². The Labute approximate surface area is 131 Å². The first-order chi connectivity index (χ1) is 10.4. The molecule has 1 atom stereocenters. The molecule has 0 aliphatic carbocycles. The van der Waals surface area contributed by atoms with Crippen LogP contribution in [0.5, 0.6) is 0 Å². The van der Waals surface area contributed by atoms with E-state index < -0.39 is 15.4 Å². The van der Waals surface area contributed by atoms with Crippen LogP contribution in [-0.2, 0) is 20.2 Å². The number of rotatable bonds is 3. The van der Waals surface area contributed by atoms with E-state index in [1.165, 1.54) is 0 Å². The zero-order valence-corrected chi connectivity index (χ0v) is 13.4. The van der Waals surface area contributed by atoms with Crippen molar-refractivity contribution in [1.82, 2.24) is 0 Å². The van der Waals surface area contributed by atoms with Crippen LogP contribution in [0, 0.1) is 6.92 Å². The quantitative estimate of drug-likeness (QED) is 0.869. The van der Waals surface area contributed by atoms with Crippen LogP contribution in [0.1, 0.15) is 18.1 Å². The summed E-state index contributed by atoms with van der Waals surface area (Å²) in [6, 6.07) is 16.4. The molecule has 1 aliphatic rings. The summed E-state index contributed by atoms with van der Waals surface area (Å²) in [6.45, 7) is 4.04. The number of ether oxygens (including phenoxy) is 1. The standard InChI is InChI=1S/C18H18O3S/c1-14-8-10-16(11-9-14)22(19,20)17-12-13-21-18(17,2)15-6-4-3-5-7-15/h3-12H,13H2,1-2H3. The SMILES string of the molecule is Cc1ccc(S(=O)(=O)C2=CCOC2(C)c2ccccc2)cc1. The van der Waals surface area contributed by atoms with E-state index in [0.29, 0.717) is 16.4 Å². The molecule has 0 saturated heterocycles. The van der Waals surface area contributed by atoms with Gasteiger partial charge in [0.05, 0.1) is 16.4 Å². The maximum absolute atomic E-state index is 13.0. The van der Waals surface area contributed by atoms with Gasteiger partial charge in [-0.2, -0.15) is 0 Å². The van der Waals surface area contributed by atoms with Gasteiger partial charge < -0.3 is 4.74 Å². The van der Waals surface area contributed by atoms with Gasteiger partial charge in [0.2, 0.25) is 9.84 Å². The summed E-state index contributed by atoms with van der Waals surface area (Å²) in [5.41, 5.74) is 0.932. The van der Waals surface area contributed by atoms with Crippen molar-refractivity contribution in [3.8, 4) is 0 Å². The number of benzene rings is 2. The highest BCUT2D eigenvalue weighted by Gasteiger charge is 2.43. The molecule has 0 amide bonds. The van der Waals surface area contributed by atoms with Gasteiger partial charge in [0.15, 0.2) is 0 Å². The molecule has 0 fully saturated rings. The van der Waals surface area contributed by atoms with Crippen LogP contribution in [0.25, 0.3) is 0 Å². The van der Waals surface area contributed by atoms with E-state index in [2.05, 4.69) is 0 Å². The summed E-state index contributed by atoms with van der Waals surface area (Å²) in [6.07, 6.45) is 1.67. The highest BCUT2D eigenvalue weighted by atomic mass is 32.2. The minimum atomic E-state index is -3.58. The number of hydrogen-bond acceptors (Lipinski definition) is 3. The summed E-state index contributed by atoms with van der Waals surface area (Å²) in [5, 5.41) is 0. The van der Waals surface area contributed by atoms with E-state index in [-0.39, 0.29) is 0 Å². The lowest BCUT2D eigenvalue weighted by Crippen LogP contribution is -2.28. The topological polar surface area (TPSA) is 43.4 Å². The largest absolute Gasteiger partial charge is 0.361 e. The fourth-order valence-electron chi connectivity index (χ4n) is 2.74. The molecule has 0 aromatic heterocycles. The van der Waals surface area contributed by atoms with Gasteiger partial charge in [-0.1, -0.05) is 48.0 Å². The summed E-state index contributed by atoms with van der Waals surface area (Å²) in [4.78, 5) is 0.618. The molecule has 0 bridgehead atoms. The van der Waals surface area contributed by atoms with Crippen molar-refractivity contribution in [1.29, 1.82) is 0 Å². The minimum absolute atomic E-state index is 0.297. The van der Waals surface area contributed by atoms with Gasteiger partial charge in [0.25, 0.3) is 0 Å². The Bertz CT molecular complexity index is 805. The lowest BCUT2D eigenvalue weighted by molar-refractivity contribution is 0.0358. The molecule has 3 nitrogen and oxygen atoms in total. The second-order valence-electron chi connectivity index (χ2n) is 5.60. The van der Waals surface area contributed by atoms with Crippen LogP contribution >= 0.6 is 0 Å². The number of sulfone groups is 1. The van der Waals surface area contributed by atoms with Gasteiger partial charge in [-0.25, -0.2) is 8.42 Å². The van der Waals surface area contributed by atoms with Crippen LogP contribution in [0.15, 0.2) is 70.5 Å². The Morgan fingerprint density at radius 1 is 1.00 bits per heavy atom. The molecule has 2 aromatic carbocycles. The normalized spacial score (nSPS) is 21.6. The van der Waals surface area contributed by atoms with Crippen LogP contribution in [0.3, 0.4) is 0 Å². The van der Waals surface area contributed by atoms with Gasteiger partial charge in [-0.3, -0.25) is 0 Å². The van der Waals surface area contributed by atoms with Crippen LogP contribution in [-0.4, -0.2) is 15.0 Å². The molecule has 0 radical (unpaired) electrons. The first-order valence-corrected chi connectivity index (χ1v) is 8.65. The third-order valence-corrected chi connectivity index (χ3v) is 6.08. The summed E-state index contributed by atoms with van der Waals surface area (Å²) in [5.74, 6) is 0. The molecule has 2 aromatic rings. The molecule has 0 N–H and O–H groups in total. The highest BCUT2D eigenvalue weighted by molar-refractivity contribution is 7.95. The van der Waals surface area contributed by atoms with E-state index >= 15 is 0 Å². The highest BCUT2D eigenvalue weighted by Crippen LogP contribution is 2.42. The summed E-state index contributed by atoms with van der Waals surface area (Å²) >= 11 is 0. The van der Waals surface area contributed by atoms with Crippen molar-refractivity contribution >= 4 is 9.84 Å². The predicted molar refractivity (Wildman–Crippen MR) is 86.2 cm³/mol. The Morgan fingerprint density at radius 2 is 1.64 bits per heavy atom. The van der Waals surface area contributed by atoms with E-state index in [1.807, 2.05) is 56.3 Å². The van der Waals surface area contributed by atoms with Crippen LogP contribution < -0.4 is 0 Å². The van der Waals surface area contributed by atoms with Crippen molar-refractivity contribution in [2.75, 3.05) is 6.61 Å². The minimum Gasteiger partial charge on any atom is -0.361 e. The molecule has 4 heteroatoms. The van der Waals surface area contributed by atoms with E-state index in [0.717, 1.165) is 11.1 Å². The second-order valence-corrected chi connectivity index (χ2v) is 7.51. The summed E-state index contributed by atoms with van der Waals surface area (Å²) < 4.78 is 31.8. The van der Waals surface area contributed by atoms with Crippen molar-refractivity contribution in [3.05, 3.63) is 76.7 Å². The molecule has 1 heterocycles. The molecule has 1 aliphatic heterocycles. The molecular weight excluding hydrogens is 296 g/mol. The van der Waals surface area contributed by atoms with Gasteiger partial charge in [-0.15, -0.1) is 0 Å². The van der Waals surface area contributed by atoms with Gasteiger partial charge in [-0.05, 0) is 37.6 Å². The zero-order chi connectivity index (χ0) is 15.8. The third kappa shape index (κ3) is 2.38. The molecule has 1 unspecified atom stereocenters. The molecule has 22 heavy (non-hydrogen) atoms. The Kier molecular flexibility index (Phi) is 3.67. The van der Waals surface area contributed by atoms with Gasteiger partial charge >= 0.3 is 0 Å². The Morgan fingerprint density at radius 3 is 2.27 bits per heavy atom. The molecule has 114 valence electrons. The Balaban J connectivity index is 2.08. The molecule has 3 rings (SSSR count). The molecule has 0 saturated carbocycles. The first-order valence-electron chi connectivity index (χ1n) is 7.16. The van der Waals surface area contributed by atoms with Crippen LogP contribution in [0.4, 0.5) is 0 Å². The fourth-order valence-corrected chi connectivity index (χ4v) is 4.47. The van der Waals surface area contributed by atoms with Crippen molar-refractivity contribution in [3.63, 3.8) is 0 Å². The van der Waals surface area contributed by atoms with Gasteiger partial charge in [0, 0.05) is 0 Å². The second kappa shape index (κ2) is 5.38. The fraction of sp³-hybridized carbons (Fsp3) is 0.222. The third-order valence-electron chi connectivity index (χ3n) is 4.06. The first kappa shape index (κ1) is 15.0. The zero-order valence-electron chi connectivity index (χ0n) is 12.6. The van der Waals surface area contributed by atoms with Crippen molar-refractivity contribution in [2.45, 2.75) is 24.3 Å². The Hall–Kier alpha value is -1.91. The number of hydrogen-bond donors (Lipinski definition) is 0. The van der Waals surface area contributed by atoms with Crippen LogP contribution in [0.2, 0.25) is 0 Å². The summed E-state index contributed by atoms with van der Waals surface area (Å²) in [7, 11) is -3.58. The van der Waals surface area contributed by atoms with Gasteiger partial charge in [0.1, 0.15) is 5.60 Å². The monoisotopic (exact) mass is 314 g/mol. The maximum atomic E-state index is 13.0. The lowest BCUT2D eigenvalue weighted by atomic mass is 9.96. The molecular formula is C18H18O3S. The van der Waals surface area contributed by atoms with Crippen molar-refractivity contribution < 1.29 is 13.2 Å². The average molecular weight is 314 g/mol. The average Bonchev–Trinajstić information content (AvgIpc) is 2.93. The molecule has 0 spiro atoms.